The lowest BCUT2D eigenvalue weighted by Crippen LogP contribution is -2.18. The van der Waals surface area contributed by atoms with E-state index in [1.807, 2.05) is 6.92 Å². The number of anilines is 1. The number of aryl methyl sites for hydroxylation is 1. The van der Waals surface area contributed by atoms with Crippen molar-refractivity contribution in [2.24, 2.45) is 5.92 Å². The zero-order chi connectivity index (χ0) is 12.8. The largest absolute Gasteiger partial charge is 0.384 e. The fourth-order valence-electron chi connectivity index (χ4n) is 1.40. The van der Waals surface area contributed by atoms with E-state index in [1.54, 1.807) is 14.0 Å². The molecule has 1 rings (SSSR count). The van der Waals surface area contributed by atoms with Crippen LogP contribution in [0.4, 0.5) is 5.82 Å². The van der Waals surface area contributed by atoms with Crippen LogP contribution in [0.2, 0.25) is 5.15 Å². The van der Waals surface area contributed by atoms with Crippen LogP contribution in [0.25, 0.3) is 0 Å². The predicted molar refractivity (Wildman–Crippen MR) is 66.7 cm³/mol. The molecular formula is C11H16ClN3O2. The summed E-state index contributed by atoms with van der Waals surface area (Å²) in [5, 5.41) is 3.26. The normalized spacial score (nSPS) is 12.2. The number of halogens is 1. The van der Waals surface area contributed by atoms with Crippen LogP contribution in [-0.4, -0.2) is 36.5 Å². The Morgan fingerprint density at radius 3 is 2.82 bits per heavy atom. The molecule has 0 amide bonds. The van der Waals surface area contributed by atoms with Crippen molar-refractivity contribution in [2.45, 2.75) is 13.8 Å². The molecule has 0 aliphatic heterocycles. The molecule has 5 nitrogen and oxygen atoms in total. The van der Waals surface area contributed by atoms with E-state index in [-0.39, 0.29) is 5.15 Å². The molecule has 0 aliphatic carbocycles. The second-order valence-electron chi connectivity index (χ2n) is 3.88. The maximum Gasteiger partial charge on any atom is 0.156 e. The number of aromatic nitrogens is 2. The summed E-state index contributed by atoms with van der Waals surface area (Å²) in [6.07, 6.45) is 0.658. The number of ether oxygens (including phenoxy) is 1. The lowest BCUT2D eigenvalue weighted by molar-refractivity contribution is 0.112. The van der Waals surface area contributed by atoms with E-state index in [1.165, 1.54) is 0 Å². The molecule has 0 spiro atoms. The van der Waals surface area contributed by atoms with Crippen molar-refractivity contribution in [3.63, 3.8) is 0 Å². The SMILES string of the molecule is COCC(C)CNc1nc(C)nc(Cl)c1C=O. The smallest absolute Gasteiger partial charge is 0.156 e. The maximum absolute atomic E-state index is 10.9. The van der Waals surface area contributed by atoms with E-state index >= 15 is 0 Å². The Labute approximate surface area is 106 Å². The van der Waals surface area contributed by atoms with E-state index in [9.17, 15) is 4.79 Å². The van der Waals surface area contributed by atoms with Gasteiger partial charge in [0.1, 0.15) is 16.8 Å². The van der Waals surface area contributed by atoms with Gasteiger partial charge in [0.15, 0.2) is 6.29 Å². The van der Waals surface area contributed by atoms with Crippen LogP contribution in [0.3, 0.4) is 0 Å². The van der Waals surface area contributed by atoms with Gasteiger partial charge in [0.05, 0.1) is 12.2 Å². The van der Waals surface area contributed by atoms with Gasteiger partial charge in [-0.2, -0.15) is 0 Å². The van der Waals surface area contributed by atoms with E-state index in [4.69, 9.17) is 16.3 Å². The van der Waals surface area contributed by atoms with Crippen LogP contribution in [0.15, 0.2) is 0 Å². The summed E-state index contributed by atoms with van der Waals surface area (Å²) in [4.78, 5) is 19.0. The lowest BCUT2D eigenvalue weighted by Gasteiger charge is -2.13. The maximum atomic E-state index is 10.9. The third kappa shape index (κ3) is 3.94. The van der Waals surface area contributed by atoms with E-state index < -0.39 is 0 Å². The zero-order valence-electron chi connectivity index (χ0n) is 10.2. The molecule has 0 aromatic carbocycles. The minimum Gasteiger partial charge on any atom is -0.384 e. The number of carbonyl (C=O) groups excluding carboxylic acids is 1. The van der Waals surface area contributed by atoms with Crippen molar-refractivity contribution in [1.82, 2.24) is 9.97 Å². The second kappa shape index (κ2) is 6.51. The lowest BCUT2D eigenvalue weighted by atomic mass is 10.2. The molecule has 6 heteroatoms. The molecule has 1 unspecified atom stereocenters. The molecular weight excluding hydrogens is 242 g/mol. The summed E-state index contributed by atoms with van der Waals surface area (Å²) in [5.41, 5.74) is 0.293. The quantitative estimate of drug-likeness (QED) is 0.623. The molecule has 94 valence electrons. The molecule has 1 heterocycles. The van der Waals surface area contributed by atoms with Crippen molar-refractivity contribution in [1.29, 1.82) is 0 Å². The highest BCUT2D eigenvalue weighted by molar-refractivity contribution is 6.32. The topological polar surface area (TPSA) is 64.1 Å². The molecule has 0 saturated heterocycles. The first-order valence-electron chi connectivity index (χ1n) is 5.30. The highest BCUT2D eigenvalue weighted by Gasteiger charge is 2.11. The Hall–Kier alpha value is -1.20. The van der Waals surface area contributed by atoms with Crippen molar-refractivity contribution in [2.75, 3.05) is 25.6 Å². The fourth-order valence-corrected chi connectivity index (χ4v) is 1.66. The minimum atomic E-state index is 0.175. The predicted octanol–water partition coefficient (Wildman–Crippen LogP) is 1.95. The van der Waals surface area contributed by atoms with Crippen LogP contribution < -0.4 is 5.32 Å². The highest BCUT2D eigenvalue weighted by atomic mass is 35.5. The molecule has 1 N–H and O–H groups in total. The van der Waals surface area contributed by atoms with Gasteiger partial charge in [0, 0.05) is 13.7 Å². The number of nitrogens with zero attached hydrogens (tertiary/aromatic N) is 2. The molecule has 0 saturated carbocycles. The summed E-state index contributed by atoms with van der Waals surface area (Å²) in [5.74, 6) is 1.32. The van der Waals surface area contributed by atoms with Gasteiger partial charge in [-0.05, 0) is 12.8 Å². The molecule has 1 atom stereocenters. The zero-order valence-corrected chi connectivity index (χ0v) is 10.9. The Bertz CT molecular complexity index is 399. The summed E-state index contributed by atoms with van der Waals surface area (Å²) >= 11 is 5.86. The van der Waals surface area contributed by atoms with E-state index in [0.717, 1.165) is 0 Å². The van der Waals surface area contributed by atoms with Crippen molar-refractivity contribution < 1.29 is 9.53 Å². The summed E-state index contributed by atoms with van der Waals surface area (Å²) in [7, 11) is 1.65. The molecule has 0 aliphatic rings. The number of aldehydes is 1. The van der Waals surface area contributed by atoms with Crippen LogP contribution in [0, 0.1) is 12.8 Å². The van der Waals surface area contributed by atoms with Gasteiger partial charge in [-0.1, -0.05) is 18.5 Å². The number of rotatable bonds is 6. The number of methoxy groups -OCH3 is 1. The van der Waals surface area contributed by atoms with E-state index in [2.05, 4.69) is 15.3 Å². The van der Waals surface area contributed by atoms with Crippen LogP contribution >= 0.6 is 11.6 Å². The summed E-state index contributed by atoms with van der Waals surface area (Å²) in [6, 6.07) is 0. The first-order valence-corrected chi connectivity index (χ1v) is 5.68. The Kier molecular flexibility index (Phi) is 5.31. The summed E-state index contributed by atoms with van der Waals surface area (Å²) in [6.45, 7) is 5.06. The van der Waals surface area contributed by atoms with Crippen molar-refractivity contribution in [3.05, 3.63) is 16.5 Å². The molecule has 1 aromatic rings. The van der Waals surface area contributed by atoms with Crippen molar-refractivity contribution >= 4 is 23.7 Å². The highest BCUT2D eigenvalue weighted by Crippen LogP contribution is 2.19. The standard InChI is InChI=1S/C11H16ClN3O2/c1-7(6-17-3)4-13-11-9(5-16)10(12)14-8(2)15-11/h5,7H,4,6H2,1-3H3,(H,13,14,15). The van der Waals surface area contributed by atoms with Crippen LogP contribution in [0.1, 0.15) is 23.1 Å². The average molecular weight is 258 g/mol. The van der Waals surface area contributed by atoms with Gasteiger partial charge in [0.2, 0.25) is 0 Å². The molecule has 0 fully saturated rings. The monoisotopic (exact) mass is 257 g/mol. The molecule has 0 radical (unpaired) electrons. The van der Waals surface area contributed by atoms with Gasteiger partial charge in [-0.15, -0.1) is 0 Å². The Morgan fingerprint density at radius 2 is 2.24 bits per heavy atom. The van der Waals surface area contributed by atoms with Gasteiger partial charge >= 0.3 is 0 Å². The first-order chi connectivity index (χ1) is 8.08. The number of nitrogens with one attached hydrogen (secondary N) is 1. The van der Waals surface area contributed by atoms with Gasteiger partial charge in [-0.3, -0.25) is 4.79 Å². The third-order valence-electron chi connectivity index (χ3n) is 2.20. The molecule has 1 aromatic heterocycles. The minimum absolute atomic E-state index is 0.175. The van der Waals surface area contributed by atoms with Gasteiger partial charge in [-0.25, -0.2) is 9.97 Å². The van der Waals surface area contributed by atoms with Crippen molar-refractivity contribution in [3.8, 4) is 0 Å². The number of hydrogen-bond donors (Lipinski definition) is 1. The van der Waals surface area contributed by atoms with Crippen LogP contribution in [-0.2, 0) is 4.74 Å². The Balaban J connectivity index is 2.79. The van der Waals surface area contributed by atoms with Crippen LogP contribution in [0.5, 0.6) is 0 Å². The number of carbonyl (C=O) groups is 1. The van der Waals surface area contributed by atoms with E-state index in [0.29, 0.717) is 42.6 Å². The average Bonchev–Trinajstić information content (AvgIpc) is 2.26. The third-order valence-corrected chi connectivity index (χ3v) is 2.49. The molecule has 17 heavy (non-hydrogen) atoms. The summed E-state index contributed by atoms with van der Waals surface area (Å²) < 4.78 is 5.03. The van der Waals surface area contributed by atoms with Gasteiger partial charge < -0.3 is 10.1 Å². The molecule has 0 bridgehead atoms. The fraction of sp³-hybridized carbons (Fsp3) is 0.545. The second-order valence-corrected chi connectivity index (χ2v) is 4.24. The Morgan fingerprint density at radius 1 is 1.53 bits per heavy atom. The number of hydrogen-bond acceptors (Lipinski definition) is 5. The van der Waals surface area contributed by atoms with Gasteiger partial charge in [0.25, 0.3) is 0 Å². The first kappa shape index (κ1) is 13.9.